The summed E-state index contributed by atoms with van der Waals surface area (Å²) in [6.45, 7) is 0. The minimum atomic E-state index is -0.292. The topological polar surface area (TPSA) is 52.9 Å². The summed E-state index contributed by atoms with van der Waals surface area (Å²) in [4.78, 5) is 19.3. The molecule has 0 bridgehead atoms. The zero-order valence-electron chi connectivity index (χ0n) is 14.8. The van der Waals surface area contributed by atoms with Gasteiger partial charge >= 0.3 is 0 Å². The van der Waals surface area contributed by atoms with Gasteiger partial charge in [-0.25, -0.2) is 4.99 Å². The zero-order chi connectivity index (χ0) is 20.5. The van der Waals surface area contributed by atoms with Crippen molar-refractivity contribution in [2.24, 2.45) is 4.99 Å². The van der Waals surface area contributed by atoms with Gasteiger partial charge in [0.25, 0.3) is 5.91 Å². The molecule has 0 unspecified atom stereocenters. The number of nitrogens with zero attached hydrogens (tertiary/aromatic N) is 2. The van der Waals surface area contributed by atoms with Crippen molar-refractivity contribution in [3.63, 3.8) is 0 Å². The standard InChI is InChI=1S/C22H13BrCl2N2O2/c23-15-4-1-13(2-5-15)21-26-20(11-14-3-6-16(24)12-19(14)25)22(29)27(21)17-7-9-18(28)10-8-17/h1-12,28H/b20-11+. The maximum Gasteiger partial charge on any atom is 0.282 e. The van der Waals surface area contributed by atoms with Crippen LogP contribution in [0.2, 0.25) is 10.0 Å². The summed E-state index contributed by atoms with van der Waals surface area (Å²) < 4.78 is 0.922. The van der Waals surface area contributed by atoms with Crippen molar-refractivity contribution >= 4 is 62.6 Å². The second kappa shape index (κ2) is 8.03. The monoisotopic (exact) mass is 486 g/mol. The Bertz CT molecular complexity index is 1160. The summed E-state index contributed by atoms with van der Waals surface area (Å²) in [6, 6.07) is 19.0. The molecule has 3 aromatic rings. The molecule has 0 atom stereocenters. The Morgan fingerprint density at radius 1 is 0.966 bits per heavy atom. The molecule has 7 heteroatoms. The molecule has 0 saturated carbocycles. The van der Waals surface area contributed by atoms with E-state index in [1.54, 1.807) is 36.4 Å². The molecule has 0 aliphatic carbocycles. The van der Waals surface area contributed by atoms with E-state index in [-0.39, 0.29) is 17.4 Å². The Balaban J connectivity index is 1.83. The largest absolute Gasteiger partial charge is 0.508 e. The second-order valence-electron chi connectivity index (χ2n) is 6.29. The van der Waals surface area contributed by atoms with E-state index in [2.05, 4.69) is 20.9 Å². The molecule has 4 rings (SSSR count). The van der Waals surface area contributed by atoms with Crippen molar-refractivity contribution in [1.29, 1.82) is 0 Å². The molecule has 144 valence electrons. The van der Waals surface area contributed by atoms with Crippen molar-refractivity contribution < 1.29 is 9.90 Å². The number of phenols is 1. The van der Waals surface area contributed by atoms with E-state index < -0.39 is 0 Å². The molecule has 4 nitrogen and oxygen atoms in total. The van der Waals surface area contributed by atoms with Gasteiger partial charge in [0.2, 0.25) is 0 Å². The van der Waals surface area contributed by atoms with E-state index in [9.17, 15) is 9.90 Å². The predicted octanol–water partition coefficient (Wildman–Crippen LogP) is 6.30. The minimum Gasteiger partial charge on any atom is -0.508 e. The number of aromatic hydroxyl groups is 1. The third kappa shape index (κ3) is 4.08. The van der Waals surface area contributed by atoms with Crippen LogP contribution in [-0.2, 0) is 4.79 Å². The number of aliphatic imine (C=N–C) groups is 1. The van der Waals surface area contributed by atoms with Gasteiger partial charge in [-0.15, -0.1) is 0 Å². The molecule has 1 amide bonds. The van der Waals surface area contributed by atoms with Crippen molar-refractivity contribution in [1.82, 2.24) is 0 Å². The Labute approximate surface area is 185 Å². The van der Waals surface area contributed by atoms with Crippen LogP contribution in [0.15, 0.2) is 81.9 Å². The fourth-order valence-corrected chi connectivity index (χ4v) is 3.64. The molecule has 1 N–H and O–H groups in total. The van der Waals surface area contributed by atoms with Crippen LogP contribution in [0, 0.1) is 0 Å². The predicted molar refractivity (Wildman–Crippen MR) is 121 cm³/mol. The van der Waals surface area contributed by atoms with Crippen molar-refractivity contribution in [2.75, 3.05) is 4.90 Å². The summed E-state index contributed by atoms with van der Waals surface area (Å²) in [6.07, 6.45) is 1.64. The Morgan fingerprint density at radius 2 is 1.66 bits per heavy atom. The summed E-state index contributed by atoms with van der Waals surface area (Å²) in [5.74, 6) is 0.315. The average molecular weight is 488 g/mol. The third-order valence-corrected chi connectivity index (χ3v) is 5.42. The van der Waals surface area contributed by atoms with Crippen LogP contribution in [0.3, 0.4) is 0 Å². The number of carbonyl (C=O) groups excluding carboxylic acids is 1. The molecule has 0 saturated heterocycles. The normalized spacial score (nSPS) is 15.1. The van der Waals surface area contributed by atoms with Gasteiger partial charge in [0, 0.05) is 20.1 Å². The van der Waals surface area contributed by atoms with Crippen LogP contribution in [0.25, 0.3) is 6.08 Å². The number of anilines is 1. The molecule has 0 fully saturated rings. The van der Waals surface area contributed by atoms with Crippen LogP contribution in [-0.4, -0.2) is 16.8 Å². The maximum absolute atomic E-state index is 13.2. The highest BCUT2D eigenvalue weighted by molar-refractivity contribution is 9.10. The van der Waals surface area contributed by atoms with Gasteiger partial charge in [0.1, 0.15) is 17.3 Å². The summed E-state index contributed by atoms with van der Waals surface area (Å²) in [5, 5.41) is 10.5. The Hall–Kier alpha value is -2.60. The molecule has 29 heavy (non-hydrogen) atoms. The number of rotatable bonds is 3. The highest BCUT2D eigenvalue weighted by Crippen LogP contribution is 2.31. The molecule has 0 aromatic heterocycles. The number of phenolic OH excluding ortho intramolecular Hbond substituents is 1. The molecular weight excluding hydrogens is 475 g/mol. The van der Waals surface area contributed by atoms with Crippen LogP contribution in [0.1, 0.15) is 11.1 Å². The SMILES string of the molecule is O=C1/C(=C\c2ccc(Cl)cc2Cl)N=C(c2ccc(Br)cc2)N1c1ccc(O)cc1. The van der Waals surface area contributed by atoms with E-state index in [0.29, 0.717) is 27.1 Å². The van der Waals surface area contributed by atoms with Crippen molar-refractivity contribution in [2.45, 2.75) is 0 Å². The molecular formula is C22H13BrCl2N2O2. The first-order valence-corrected chi connectivity index (χ1v) is 10.1. The fraction of sp³-hybridized carbons (Fsp3) is 0. The molecule has 1 aliphatic heterocycles. The number of hydrogen-bond donors (Lipinski definition) is 1. The lowest BCUT2D eigenvalue weighted by Crippen LogP contribution is -2.32. The highest BCUT2D eigenvalue weighted by Gasteiger charge is 2.32. The lowest BCUT2D eigenvalue weighted by molar-refractivity contribution is -0.113. The van der Waals surface area contributed by atoms with Gasteiger partial charge in [-0.1, -0.05) is 57.3 Å². The summed E-state index contributed by atoms with van der Waals surface area (Å²) in [7, 11) is 0. The first kappa shape index (κ1) is 19.7. The summed E-state index contributed by atoms with van der Waals surface area (Å²) in [5.41, 5.74) is 2.27. The van der Waals surface area contributed by atoms with Crippen molar-refractivity contribution in [3.8, 4) is 5.75 Å². The smallest absolute Gasteiger partial charge is 0.282 e. The Kier molecular flexibility index (Phi) is 5.46. The molecule has 0 spiro atoms. The molecule has 0 radical (unpaired) electrons. The van der Waals surface area contributed by atoms with Gasteiger partial charge < -0.3 is 5.11 Å². The first-order chi connectivity index (χ1) is 13.9. The van der Waals surface area contributed by atoms with Gasteiger partial charge in [0.15, 0.2) is 0 Å². The lowest BCUT2D eigenvalue weighted by Gasteiger charge is -2.18. The van der Waals surface area contributed by atoms with E-state index in [0.717, 1.165) is 10.0 Å². The number of amides is 1. The van der Waals surface area contributed by atoms with Gasteiger partial charge in [-0.05, 0) is 60.2 Å². The van der Waals surface area contributed by atoms with Gasteiger partial charge in [0.05, 0.1) is 5.69 Å². The Morgan fingerprint density at radius 3 is 2.31 bits per heavy atom. The van der Waals surface area contributed by atoms with Crippen molar-refractivity contribution in [3.05, 3.63) is 98.1 Å². The average Bonchev–Trinajstić information content (AvgIpc) is 3.01. The number of amidine groups is 1. The first-order valence-electron chi connectivity index (χ1n) is 8.57. The lowest BCUT2D eigenvalue weighted by atomic mass is 10.1. The van der Waals surface area contributed by atoms with Crippen LogP contribution < -0.4 is 4.90 Å². The van der Waals surface area contributed by atoms with Crippen LogP contribution in [0.5, 0.6) is 5.75 Å². The van der Waals surface area contributed by atoms with Gasteiger partial charge in [-0.3, -0.25) is 9.69 Å². The van der Waals surface area contributed by atoms with E-state index >= 15 is 0 Å². The molecule has 1 heterocycles. The van der Waals surface area contributed by atoms with E-state index in [1.807, 2.05) is 24.3 Å². The van der Waals surface area contributed by atoms with Gasteiger partial charge in [-0.2, -0.15) is 0 Å². The van der Waals surface area contributed by atoms with E-state index in [4.69, 9.17) is 23.2 Å². The number of hydrogen-bond acceptors (Lipinski definition) is 3. The highest BCUT2D eigenvalue weighted by atomic mass is 79.9. The number of carbonyl (C=O) groups is 1. The number of halogens is 3. The zero-order valence-corrected chi connectivity index (χ0v) is 17.9. The van der Waals surface area contributed by atoms with Crippen LogP contribution in [0.4, 0.5) is 5.69 Å². The summed E-state index contributed by atoms with van der Waals surface area (Å²) >= 11 is 15.6. The fourth-order valence-electron chi connectivity index (χ4n) is 2.92. The second-order valence-corrected chi connectivity index (χ2v) is 8.05. The molecule has 3 aromatic carbocycles. The maximum atomic E-state index is 13.2. The van der Waals surface area contributed by atoms with E-state index in [1.165, 1.54) is 17.0 Å². The molecule has 1 aliphatic rings. The minimum absolute atomic E-state index is 0.117. The number of benzene rings is 3. The third-order valence-electron chi connectivity index (χ3n) is 4.33. The van der Waals surface area contributed by atoms with Crippen LogP contribution >= 0.6 is 39.1 Å². The quantitative estimate of drug-likeness (QED) is 0.441.